The first-order valence-corrected chi connectivity index (χ1v) is 10.3. The van der Waals surface area contributed by atoms with E-state index in [9.17, 15) is 5.11 Å². The maximum absolute atomic E-state index is 9.64. The highest BCUT2D eigenvalue weighted by Crippen LogP contribution is 2.53. The summed E-state index contributed by atoms with van der Waals surface area (Å²) in [6, 6.07) is 12.8. The van der Waals surface area contributed by atoms with E-state index >= 15 is 0 Å². The van der Waals surface area contributed by atoms with Gasteiger partial charge in [0.15, 0.2) is 0 Å². The maximum Gasteiger partial charge on any atom is 0.134 e. The summed E-state index contributed by atoms with van der Waals surface area (Å²) in [5.74, 6) is 5.77. The summed E-state index contributed by atoms with van der Waals surface area (Å²) in [5, 5.41) is 13.5. The average molecular weight is 351 g/mol. The van der Waals surface area contributed by atoms with E-state index in [1.807, 2.05) is 24.3 Å². The van der Waals surface area contributed by atoms with Crippen molar-refractivity contribution in [3.05, 3.63) is 47.7 Å². The molecule has 0 saturated heterocycles. The van der Waals surface area contributed by atoms with Gasteiger partial charge in [-0.1, -0.05) is 24.3 Å². The number of hydrogen-bond acceptors (Lipinski definition) is 3. The molecule has 1 aromatic carbocycles. The van der Waals surface area contributed by atoms with Gasteiger partial charge >= 0.3 is 0 Å². The van der Waals surface area contributed by atoms with E-state index < -0.39 is 6.10 Å². The Morgan fingerprint density at radius 2 is 1.62 bits per heavy atom. The van der Waals surface area contributed by atoms with Crippen LogP contribution in [0.15, 0.2) is 40.8 Å². The van der Waals surface area contributed by atoms with Crippen molar-refractivity contribution in [1.29, 1.82) is 0 Å². The molecule has 1 aromatic heterocycles. The Morgan fingerprint density at radius 1 is 0.962 bits per heavy atom. The number of nitrogens with one attached hydrogen (secondary N) is 1. The molecule has 0 aliphatic heterocycles. The van der Waals surface area contributed by atoms with E-state index in [1.165, 1.54) is 32.1 Å². The van der Waals surface area contributed by atoms with Crippen molar-refractivity contribution < 1.29 is 9.52 Å². The molecule has 4 saturated carbocycles. The van der Waals surface area contributed by atoms with Crippen LogP contribution in [0.2, 0.25) is 0 Å². The molecule has 0 spiro atoms. The van der Waals surface area contributed by atoms with Crippen LogP contribution in [-0.2, 0) is 6.54 Å². The molecule has 4 aliphatic rings. The smallest absolute Gasteiger partial charge is 0.134 e. The van der Waals surface area contributed by atoms with Crippen LogP contribution < -0.4 is 5.32 Å². The Bertz CT molecular complexity index is 733. The second kappa shape index (κ2) is 6.54. The largest absolute Gasteiger partial charge is 0.460 e. The summed E-state index contributed by atoms with van der Waals surface area (Å²) in [7, 11) is 0. The maximum atomic E-state index is 9.64. The van der Waals surface area contributed by atoms with Crippen molar-refractivity contribution in [3.63, 3.8) is 0 Å². The summed E-state index contributed by atoms with van der Waals surface area (Å²) in [6.45, 7) is 2.62. The molecule has 1 heterocycles. The highest BCUT2D eigenvalue weighted by atomic mass is 16.3. The van der Waals surface area contributed by atoms with Gasteiger partial charge in [-0.15, -0.1) is 0 Å². The fraction of sp³-hybridized carbons (Fsp3) is 0.565. The highest BCUT2D eigenvalue weighted by Gasteiger charge is 2.47. The van der Waals surface area contributed by atoms with E-state index in [0.29, 0.717) is 6.04 Å². The summed E-state index contributed by atoms with van der Waals surface area (Å²) < 4.78 is 6.09. The Labute approximate surface area is 155 Å². The molecule has 0 amide bonds. The molecule has 4 bridgehead atoms. The van der Waals surface area contributed by atoms with Crippen LogP contribution in [0.1, 0.15) is 56.5 Å². The van der Waals surface area contributed by atoms with Crippen molar-refractivity contribution in [2.45, 2.75) is 57.7 Å². The summed E-state index contributed by atoms with van der Waals surface area (Å²) in [6.07, 6.45) is 6.87. The van der Waals surface area contributed by atoms with Crippen LogP contribution in [-0.4, -0.2) is 11.1 Å². The first kappa shape index (κ1) is 16.6. The van der Waals surface area contributed by atoms with Crippen LogP contribution >= 0.6 is 0 Å². The third-order valence-electron chi connectivity index (χ3n) is 7.08. The van der Waals surface area contributed by atoms with E-state index in [1.54, 1.807) is 6.92 Å². The molecule has 3 nitrogen and oxygen atoms in total. The molecular weight excluding hydrogens is 322 g/mol. The van der Waals surface area contributed by atoms with Crippen molar-refractivity contribution in [2.24, 2.45) is 23.7 Å². The third kappa shape index (κ3) is 3.01. The molecule has 26 heavy (non-hydrogen) atoms. The van der Waals surface area contributed by atoms with Crippen molar-refractivity contribution in [1.82, 2.24) is 5.32 Å². The quantitative estimate of drug-likeness (QED) is 0.804. The normalized spacial score (nSPS) is 33.5. The van der Waals surface area contributed by atoms with Crippen LogP contribution in [0, 0.1) is 23.7 Å². The highest BCUT2D eigenvalue weighted by molar-refractivity contribution is 5.58. The zero-order valence-electron chi connectivity index (χ0n) is 15.5. The van der Waals surface area contributed by atoms with Crippen molar-refractivity contribution in [3.8, 4) is 11.3 Å². The predicted octanol–water partition coefficient (Wildman–Crippen LogP) is 4.91. The Hall–Kier alpha value is -1.58. The Balaban J connectivity index is 1.23. The zero-order valence-corrected chi connectivity index (χ0v) is 15.5. The molecule has 2 aromatic rings. The van der Waals surface area contributed by atoms with Gasteiger partial charge in [0.25, 0.3) is 0 Å². The summed E-state index contributed by atoms with van der Waals surface area (Å²) >= 11 is 0. The van der Waals surface area contributed by atoms with Crippen molar-refractivity contribution in [2.75, 3.05) is 0 Å². The van der Waals surface area contributed by atoms with Gasteiger partial charge in [-0.3, -0.25) is 0 Å². The van der Waals surface area contributed by atoms with Gasteiger partial charge in [-0.25, -0.2) is 0 Å². The molecule has 138 valence electrons. The number of aliphatic hydroxyl groups is 1. The Kier molecular flexibility index (Phi) is 4.17. The molecule has 0 radical (unpaired) electrons. The lowest BCUT2D eigenvalue weighted by molar-refractivity contribution is -0.0147. The average Bonchev–Trinajstić information content (AvgIpc) is 3.09. The lowest BCUT2D eigenvalue weighted by Crippen LogP contribution is -2.54. The van der Waals surface area contributed by atoms with Gasteiger partial charge in [0.05, 0.1) is 12.6 Å². The van der Waals surface area contributed by atoms with Crippen LogP contribution in [0.4, 0.5) is 0 Å². The lowest BCUT2D eigenvalue weighted by Gasteiger charge is -2.54. The van der Waals surface area contributed by atoms with E-state index in [2.05, 4.69) is 17.4 Å². The van der Waals surface area contributed by atoms with Crippen LogP contribution in [0.3, 0.4) is 0 Å². The van der Waals surface area contributed by atoms with E-state index in [0.717, 1.165) is 52.9 Å². The van der Waals surface area contributed by atoms with E-state index in [4.69, 9.17) is 4.42 Å². The van der Waals surface area contributed by atoms with Gasteiger partial charge in [0.2, 0.25) is 0 Å². The lowest BCUT2D eigenvalue weighted by atomic mass is 9.54. The number of hydrogen-bond donors (Lipinski definition) is 2. The fourth-order valence-corrected chi connectivity index (χ4v) is 6.03. The third-order valence-corrected chi connectivity index (χ3v) is 7.08. The molecule has 1 unspecified atom stereocenters. The second-order valence-electron chi connectivity index (χ2n) is 8.90. The first-order chi connectivity index (χ1) is 12.7. The second-order valence-corrected chi connectivity index (χ2v) is 8.90. The molecule has 1 atom stereocenters. The van der Waals surface area contributed by atoms with Gasteiger partial charge in [0.1, 0.15) is 11.5 Å². The Morgan fingerprint density at radius 3 is 2.23 bits per heavy atom. The van der Waals surface area contributed by atoms with Gasteiger partial charge in [0, 0.05) is 11.6 Å². The topological polar surface area (TPSA) is 45.4 Å². The molecule has 6 rings (SSSR count). The first-order valence-electron chi connectivity index (χ1n) is 10.3. The zero-order chi connectivity index (χ0) is 17.7. The number of aliphatic hydroxyl groups excluding tert-OH is 1. The van der Waals surface area contributed by atoms with Crippen molar-refractivity contribution >= 4 is 0 Å². The minimum absolute atomic E-state index is 0.429. The number of rotatable bonds is 5. The minimum Gasteiger partial charge on any atom is -0.460 e. The van der Waals surface area contributed by atoms with Crippen LogP contribution in [0.25, 0.3) is 11.3 Å². The molecular formula is C23H29NO2. The standard InChI is InChI=1S/C23H29NO2/c1-14(25)17-2-4-18(5-3-17)22-7-6-21(26-22)13-24-23-19-9-15-8-16(11-19)12-20(23)10-15/h2-7,14-16,19-20,23-25H,8-13H2,1H3. The molecule has 3 heteroatoms. The van der Waals surface area contributed by atoms with Gasteiger partial charge in [-0.05, 0) is 80.4 Å². The van der Waals surface area contributed by atoms with E-state index in [-0.39, 0.29) is 0 Å². The minimum atomic E-state index is -0.429. The fourth-order valence-electron chi connectivity index (χ4n) is 6.03. The summed E-state index contributed by atoms with van der Waals surface area (Å²) in [4.78, 5) is 0. The predicted molar refractivity (Wildman–Crippen MR) is 102 cm³/mol. The number of benzene rings is 1. The van der Waals surface area contributed by atoms with Crippen LogP contribution in [0.5, 0.6) is 0 Å². The van der Waals surface area contributed by atoms with Gasteiger partial charge in [-0.2, -0.15) is 0 Å². The monoisotopic (exact) mass is 351 g/mol. The molecule has 2 N–H and O–H groups in total. The molecule has 4 fully saturated rings. The van der Waals surface area contributed by atoms with Gasteiger partial charge < -0.3 is 14.8 Å². The molecule has 4 aliphatic carbocycles. The SMILES string of the molecule is CC(O)c1ccc(-c2ccc(CNC3C4CC5CC(C4)CC3C5)o2)cc1. The summed E-state index contributed by atoms with van der Waals surface area (Å²) in [5.41, 5.74) is 2.00. The number of furan rings is 1.